The predicted molar refractivity (Wildman–Crippen MR) is 49.2 cm³/mol. The molecule has 0 saturated carbocycles. The molecule has 70 valence electrons. The number of piperidine rings is 1. The van der Waals surface area contributed by atoms with Crippen LogP contribution in [0.5, 0.6) is 0 Å². The summed E-state index contributed by atoms with van der Waals surface area (Å²) in [7, 11) is 2.20. The standard InChI is InChI=1S/C10H19NO/c1-9-7-10(12-8-9)3-5-11(2)6-4-10/h9H,3-8H2,1-2H3/t9-/m1/s1. The van der Waals surface area contributed by atoms with Crippen LogP contribution in [0.25, 0.3) is 0 Å². The quantitative estimate of drug-likeness (QED) is 0.545. The fourth-order valence-corrected chi connectivity index (χ4v) is 2.45. The van der Waals surface area contributed by atoms with E-state index in [1.54, 1.807) is 0 Å². The van der Waals surface area contributed by atoms with Gasteiger partial charge in [-0.1, -0.05) is 6.92 Å². The lowest BCUT2D eigenvalue weighted by Gasteiger charge is -2.37. The second kappa shape index (κ2) is 3.00. The van der Waals surface area contributed by atoms with E-state index >= 15 is 0 Å². The molecule has 2 aliphatic rings. The molecular formula is C10H19NO. The first-order valence-corrected chi connectivity index (χ1v) is 5.03. The molecular weight excluding hydrogens is 150 g/mol. The Morgan fingerprint density at radius 1 is 1.33 bits per heavy atom. The highest BCUT2D eigenvalue weighted by Crippen LogP contribution is 2.37. The van der Waals surface area contributed by atoms with Gasteiger partial charge < -0.3 is 9.64 Å². The number of hydrogen-bond acceptors (Lipinski definition) is 2. The van der Waals surface area contributed by atoms with Crippen LogP contribution < -0.4 is 0 Å². The lowest BCUT2D eigenvalue weighted by molar-refractivity contribution is -0.0394. The first kappa shape index (κ1) is 8.52. The lowest BCUT2D eigenvalue weighted by Crippen LogP contribution is -2.42. The average molecular weight is 169 g/mol. The van der Waals surface area contributed by atoms with Gasteiger partial charge in [-0.15, -0.1) is 0 Å². The van der Waals surface area contributed by atoms with E-state index in [-0.39, 0.29) is 5.60 Å². The summed E-state index contributed by atoms with van der Waals surface area (Å²) in [5, 5.41) is 0. The van der Waals surface area contributed by atoms with E-state index < -0.39 is 0 Å². The maximum absolute atomic E-state index is 5.92. The van der Waals surface area contributed by atoms with Crippen molar-refractivity contribution in [1.29, 1.82) is 0 Å². The zero-order valence-electron chi connectivity index (χ0n) is 8.18. The van der Waals surface area contributed by atoms with E-state index in [9.17, 15) is 0 Å². The molecule has 0 aliphatic carbocycles. The van der Waals surface area contributed by atoms with Crippen LogP contribution in [0.3, 0.4) is 0 Å². The van der Waals surface area contributed by atoms with Crippen molar-refractivity contribution >= 4 is 0 Å². The van der Waals surface area contributed by atoms with Crippen molar-refractivity contribution in [2.24, 2.45) is 5.92 Å². The predicted octanol–water partition coefficient (Wildman–Crippen LogP) is 1.51. The van der Waals surface area contributed by atoms with Gasteiger partial charge in [0.15, 0.2) is 0 Å². The minimum Gasteiger partial charge on any atom is -0.375 e. The van der Waals surface area contributed by atoms with Crippen molar-refractivity contribution in [1.82, 2.24) is 4.90 Å². The van der Waals surface area contributed by atoms with Gasteiger partial charge >= 0.3 is 0 Å². The van der Waals surface area contributed by atoms with Gasteiger partial charge in [-0.05, 0) is 32.2 Å². The topological polar surface area (TPSA) is 12.5 Å². The van der Waals surface area contributed by atoms with Crippen molar-refractivity contribution in [2.45, 2.75) is 31.8 Å². The van der Waals surface area contributed by atoms with Crippen LogP contribution in [0.2, 0.25) is 0 Å². The van der Waals surface area contributed by atoms with E-state index in [0.717, 1.165) is 12.5 Å². The van der Waals surface area contributed by atoms with Gasteiger partial charge in [0.1, 0.15) is 0 Å². The second-order valence-electron chi connectivity index (χ2n) is 4.61. The summed E-state index contributed by atoms with van der Waals surface area (Å²) in [6.45, 7) is 5.72. The highest BCUT2D eigenvalue weighted by molar-refractivity contribution is 4.91. The zero-order valence-corrected chi connectivity index (χ0v) is 8.18. The minimum atomic E-state index is 0.284. The molecule has 2 aliphatic heterocycles. The van der Waals surface area contributed by atoms with Crippen molar-refractivity contribution in [2.75, 3.05) is 26.7 Å². The summed E-state index contributed by atoms with van der Waals surface area (Å²) in [5.74, 6) is 0.786. The molecule has 2 fully saturated rings. The van der Waals surface area contributed by atoms with Crippen LogP contribution >= 0.6 is 0 Å². The highest BCUT2D eigenvalue weighted by Gasteiger charge is 2.40. The Bertz CT molecular complexity index is 161. The molecule has 0 aromatic carbocycles. The third kappa shape index (κ3) is 1.50. The molecule has 0 amide bonds. The van der Waals surface area contributed by atoms with Gasteiger partial charge in [-0.2, -0.15) is 0 Å². The molecule has 0 unspecified atom stereocenters. The third-order valence-electron chi connectivity index (χ3n) is 3.29. The first-order chi connectivity index (χ1) is 5.70. The summed E-state index contributed by atoms with van der Waals surface area (Å²) in [6.07, 6.45) is 3.78. The van der Waals surface area contributed by atoms with Gasteiger partial charge in [0.25, 0.3) is 0 Å². The Morgan fingerprint density at radius 2 is 2.00 bits per heavy atom. The molecule has 1 atom stereocenters. The lowest BCUT2D eigenvalue weighted by atomic mass is 9.86. The van der Waals surface area contributed by atoms with Crippen LogP contribution in [0.1, 0.15) is 26.2 Å². The fourth-order valence-electron chi connectivity index (χ4n) is 2.45. The van der Waals surface area contributed by atoms with Crippen LogP contribution in [-0.2, 0) is 4.74 Å². The number of ether oxygens (including phenoxy) is 1. The van der Waals surface area contributed by atoms with Crippen LogP contribution in [-0.4, -0.2) is 37.2 Å². The molecule has 1 spiro atoms. The van der Waals surface area contributed by atoms with Crippen LogP contribution in [0.15, 0.2) is 0 Å². The Kier molecular flexibility index (Phi) is 2.13. The molecule has 0 N–H and O–H groups in total. The van der Waals surface area contributed by atoms with Crippen molar-refractivity contribution < 1.29 is 4.74 Å². The molecule has 2 saturated heterocycles. The molecule has 2 rings (SSSR count). The summed E-state index contributed by atoms with van der Waals surface area (Å²) in [4.78, 5) is 2.40. The van der Waals surface area contributed by atoms with Gasteiger partial charge in [-0.25, -0.2) is 0 Å². The number of hydrogen-bond donors (Lipinski definition) is 0. The SMILES string of the molecule is C[C@H]1COC2(CCN(C)CC2)C1. The fraction of sp³-hybridized carbons (Fsp3) is 1.00. The molecule has 0 bridgehead atoms. The Labute approximate surface area is 74.9 Å². The first-order valence-electron chi connectivity index (χ1n) is 5.03. The summed E-state index contributed by atoms with van der Waals surface area (Å²) >= 11 is 0. The maximum Gasteiger partial charge on any atom is 0.0710 e. The summed E-state index contributed by atoms with van der Waals surface area (Å²) < 4.78 is 5.92. The van der Waals surface area contributed by atoms with Gasteiger partial charge in [-0.3, -0.25) is 0 Å². The van der Waals surface area contributed by atoms with Crippen LogP contribution in [0.4, 0.5) is 0 Å². The van der Waals surface area contributed by atoms with E-state index in [2.05, 4.69) is 18.9 Å². The van der Waals surface area contributed by atoms with Gasteiger partial charge in [0.05, 0.1) is 5.60 Å². The van der Waals surface area contributed by atoms with Crippen molar-refractivity contribution in [3.05, 3.63) is 0 Å². The normalized spacial score (nSPS) is 36.0. The Morgan fingerprint density at radius 3 is 2.50 bits per heavy atom. The molecule has 2 heteroatoms. The van der Waals surface area contributed by atoms with Gasteiger partial charge in [0, 0.05) is 19.7 Å². The summed E-state index contributed by atoms with van der Waals surface area (Å²) in [6, 6.07) is 0. The number of rotatable bonds is 0. The van der Waals surface area contributed by atoms with E-state index in [1.165, 1.54) is 32.4 Å². The third-order valence-corrected chi connectivity index (χ3v) is 3.29. The second-order valence-corrected chi connectivity index (χ2v) is 4.61. The summed E-state index contributed by atoms with van der Waals surface area (Å²) in [5.41, 5.74) is 0.284. The molecule has 12 heavy (non-hydrogen) atoms. The van der Waals surface area contributed by atoms with E-state index in [1.807, 2.05) is 0 Å². The highest BCUT2D eigenvalue weighted by atomic mass is 16.5. The monoisotopic (exact) mass is 169 g/mol. The minimum absolute atomic E-state index is 0.284. The van der Waals surface area contributed by atoms with Crippen LogP contribution in [0, 0.1) is 5.92 Å². The molecule has 0 aromatic heterocycles. The number of likely N-dealkylation sites (tertiary alicyclic amines) is 1. The molecule has 0 radical (unpaired) electrons. The Balaban J connectivity index is 1.95. The van der Waals surface area contributed by atoms with Gasteiger partial charge in [0.2, 0.25) is 0 Å². The smallest absolute Gasteiger partial charge is 0.0710 e. The molecule has 2 nitrogen and oxygen atoms in total. The average Bonchev–Trinajstić information content (AvgIpc) is 2.40. The van der Waals surface area contributed by atoms with Crippen molar-refractivity contribution in [3.63, 3.8) is 0 Å². The molecule has 2 heterocycles. The van der Waals surface area contributed by atoms with E-state index in [4.69, 9.17) is 4.74 Å². The molecule has 0 aromatic rings. The number of nitrogens with zero attached hydrogens (tertiary/aromatic N) is 1. The zero-order chi connectivity index (χ0) is 8.60. The van der Waals surface area contributed by atoms with E-state index in [0.29, 0.717) is 0 Å². The van der Waals surface area contributed by atoms with Crippen molar-refractivity contribution in [3.8, 4) is 0 Å². The Hall–Kier alpha value is -0.0800. The maximum atomic E-state index is 5.92. The largest absolute Gasteiger partial charge is 0.375 e.